The minimum absolute atomic E-state index is 0. The number of rotatable bonds is 3. The molecule has 4 aromatic rings. The van der Waals surface area contributed by atoms with Crippen molar-refractivity contribution < 1.29 is 0 Å². The van der Waals surface area contributed by atoms with Crippen LogP contribution < -0.4 is 0 Å². The van der Waals surface area contributed by atoms with Crippen molar-refractivity contribution in [3.63, 3.8) is 0 Å². The molecule has 0 aliphatic heterocycles. The van der Waals surface area contributed by atoms with Gasteiger partial charge in [0.05, 0.1) is 11.2 Å². The highest BCUT2D eigenvalue weighted by Gasteiger charge is 2.16. The lowest BCUT2D eigenvalue weighted by atomic mass is 10.1. The summed E-state index contributed by atoms with van der Waals surface area (Å²) in [4.78, 5) is 4.74. The molecule has 0 N–H and O–H groups in total. The van der Waals surface area contributed by atoms with Gasteiger partial charge in [0.15, 0.2) is 0 Å². The first kappa shape index (κ1) is 19.5. The van der Waals surface area contributed by atoms with E-state index >= 15 is 0 Å². The molecule has 0 bridgehead atoms. The maximum atomic E-state index is 6.05. The molecule has 27 heavy (non-hydrogen) atoms. The second-order valence-electron chi connectivity index (χ2n) is 6.84. The summed E-state index contributed by atoms with van der Waals surface area (Å²) in [6.45, 7) is 7.28. The van der Waals surface area contributed by atoms with E-state index in [1.807, 2.05) is 18.3 Å². The van der Waals surface area contributed by atoms with Crippen molar-refractivity contribution in [1.29, 1.82) is 0 Å². The Kier molecular flexibility index (Phi) is 5.59. The minimum atomic E-state index is 0. The van der Waals surface area contributed by atoms with Crippen LogP contribution in [0.1, 0.15) is 22.4 Å². The summed E-state index contributed by atoms with van der Waals surface area (Å²) in [5.41, 5.74) is 8.45. The van der Waals surface area contributed by atoms with E-state index < -0.39 is 0 Å². The van der Waals surface area contributed by atoms with E-state index in [9.17, 15) is 0 Å². The molecule has 0 aliphatic rings. The van der Waals surface area contributed by atoms with Crippen LogP contribution >= 0.6 is 24.0 Å². The number of aryl methyl sites for hydroxylation is 2. The molecule has 2 heterocycles. The van der Waals surface area contributed by atoms with Crippen LogP contribution in [-0.2, 0) is 6.54 Å². The Hall–Kier alpha value is -2.29. The molecule has 2 aromatic heterocycles. The summed E-state index contributed by atoms with van der Waals surface area (Å²) < 4.78 is 2.37. The second kappa shape index (κ2) is 7.75. The van der Waals surface area contributed by atoms with Gasteiger partial charge in [-0.05, 0) is 50.1 Å². The first-order chi connectivity index (χ1) is 12.5. The lowest BCUT2D eigenvalue weighted by molar-refractivity contribution is 0.800. The number of hydrogen-bond donors (Lipinski definition) is 0. The molecule has 0 amide bonds. The fourth-order valence-electron chi connectivity index (χ4n) is 3.49. The third-order valence-electron chi connectivity index (χ3n) is 5.12. The molecule has 0 radical (unpaired) electrons. The predicted octanol–water partition coefficient (Wildman–Crippen LogP) is 6.75. The Balaban J connectivity index is 0.00000210. The summed E-state index contributed by atoms with van der Waals surface area (Å²) >= 11 is 6.05. The molecule has 0 saturated heterocycles. The Bertz CT molecular complexity index is 1080. The highest BCUT2D eigenvalue weighted by atomic mass is 35.5. The van der Waals surface area contributed by atoms with Gasteiger partial charge in [-0.2, -0.15) is 0 Å². The van der Waals surface area contributed by atoms with Gasteiger partial charge < -0.3 is 4.57 Å². The van der Waals surface area contributed by atoms with Crippen molar-refractivity contribution in [2.24, 2.45) is 0 Å². The number of halogens is 2. The predicted molar refractivity (Wildman–Crippen MR) is 117 cm³/mol. The smallest absolute Gasteiger partial charge is 0.0945 e. The van der Waals surface area contributed by atoms with Gasteiger partial charge in [-0.3, -0.25) is 4.98 Å². The number of benzene rings is 2. The number of hydrogen-bond acceptors (Lipinski definition) is 1. The van der Waals surface area contributed by atoms with Gasteiger partial charge in [0.25, 0.3) is 0 Å². The van der Waals surface area contributed by atoms with Crippen LogP contribution in [0.15, 0.2) is 60.8 Å². The average molecular weight is 397 g/mol. The van der Waals surface area contributed by atoms with Gasteiger partial charge in [-0.15, -0.1) is 12.4 Å². The van der Waals surface area contributed by atoms with Crippen LogP contribution in [0.5, 0.6) is 0 Å². The van der Waals surface area contributed by atoms with Crippen molar-refractivity contribution in [3.05, 3.63) is 88.2 Å². The van der Waals surface area contributed by atoms with Crippen molar-refractivity contribution >= 4 is 34.9 Å². The molecule has 138 valence electrons. The van der Waals surface area contributed by atoms with Crippen LogP contribution in [0.3, 0.4) is 0 Å². The van der Waals surface area contributed by atoms with Crippen molar-refractivity contribution in [2.75, 3.05) is 0 Å². The molecular weight excluding hydrogens is 375 g/mol. The summed E-state index contributed by atoms with van der Waals surface area (Å²) in [6.07, 6.45) is 1.91. The molecule has 4 rings (SSSR count). The highest BCUT2D eigenvalue weighted by molar-refractivity contribution is 6.30. The van der Waals surface area contributed by atoms with Crippen LogP contribution in [0, 0.1) is 20.8 Å². The zero-order valence-electron chi connectivity index (χ0n) is 15.7. The molecule has 0 spiro atoms. The largest absolute Gasteiger partial charge is 0.338 e. The third-order valence-corrected chi connectivity index (χ3v) is 5.38. The third kappa shape index (κ3) is 3.60. The van der Waals surface area contributed by atoms with Crippen LogP contribution in [0.25, 0.3) is 22.2 Å². The summed E-state index contributed by atoms with van der Waals surface area (Å²) in [5, 5.41) is 2.03. The van der Waals surface area contributed by atoms with Crippen molar-refractivity contribution in [1.82, 2.24) is 9.55 Å². The first-order valence-corrected chi connectivity index (χ1v) is 9.18. The molecular formula is C23H22Cl2N2. The molecule has 0 unspecified atom stereocenters. The van der Waals surface area contributed by atoms with Crippen LogP contribution in [0.4, 0.5) is 0 Å². The standard InChI is InChI=1S/C23H21ClN2.ClH/c1-15-4-8-19(9-5-15)22-23-21(12-13-25-22)16(2)17(3)26(23)14-18-6-10-20(24)11-7-18;/h4-13H,14H2,1-3H3;1H. The number of aromatic nitrogens is 2. The second-order valence-corrected chi connectivity index (χ2v) is 7.28. The van der Waals surface area contributed by atoms with E-state index in [1.54, 1.807) is 0 Å². The van der Waals surface area contributed by atoms with E-state index in [2.05, 4.69) is 67.8 Å². The monoisotopic (exact) mass is 396 g/mol. The Morgan fingerprint density at radius 3 is 2.22 bits per heavy atom. The number of fused-ring (bicyclic) bond motifs is 1. The molecule has 4 heteroatoms. The van der Waals surface area contributed by atoms with Gasteiger partial charge in [-0.25, -0.2) is 0 Å². The zero-order valence-corrected chi connectivity index (χ0v) is 17.2. The Labute approximate surface area is 171 Å². The van der Waals surface area contributed by atoms with Crippen LogP contribution in [0.2, 0.25) is 5.02 Å². The van der Waals surface area contributed by atoms with Crippen LogP contribution in [-0.4, -0.2) is 9.55 Å². The topological polar surface area (TPSA) is 17.8 Å². The Morgan fingerprint density at radius 1 is 0.889 bits per heavy atom. The Morgan fingerprint density at radius 2 is 1.56 bits per heavy atom. The number of nitrogens with zero attached hydrogens (tertiary/aromatic N) is 2. The maximum Gasteiger partial charge on any atom is 0.0945 e. The van der Waals surface area contributed by atoms with Gasteiger partial charge in [0.2, 0.25) is 0 Å². The maximum absolute atomic E-state index is 6.05. The summed E-state index contributed by atoms with van der Waals surface area (Å²) in [6, 6.07) is 18.8. The fourth-order valence-corrected chi connectivity index (χ4v) is 3.61. The van der Waals surface area contributed by atoms with E-state index in [-0.39, 0.29) is 12.4 Å². The average Bonchev–Trinajstić information content (AvgIpc) is 2.89. The summed E-state index contributed by atoms with van der Waals surface area (Å²) in [7, 11) is 0. The lowest BCUT2D eigenvalue weighted by Crippen LogP contribution is -2.03. The van der Waals surface area contributed by atoms with Crippen molar-refractivity contribution in [3.8, 4) is 11.3 Å². The van der Waals surface area contributed by atoms with Crippen molar-refractivity contribution in [2.45, 2.75) is 27.3 Å². The van der Waals surface area contributed by atoms with Gasteiger partial charge in [-0.1, -0.05) is 53.6 Å². The van der Waals surface area contributed by atoms with E-state index in [4.69, 9.17) is 16.6 Å². The molecule has 2 nitrogen and oxygen atoms in total. The quantitative estimate of drug-likeness (QED) is 0.374. The first-order valence-electron chi connectivity index (χ1n) is 8.80. The van der Waals surface area contributed by atoms with E-state index in [0.717, 1.165) is 22.8 Å². The fraction of sp³-hybridized carbons (Fsp3) is 0.174. The SMILES string of the molecule is Cc1ccc(-c2nccc3c(C)c(C)n(Cc4ccc(Cl)cc4)c23)cc1.Cl. The van der Waals surface area contributed by atoms with E-state index in [1.165, 1.54) is 33.3 Å². The van der Waals surface area contributed by atoms with Gasteiger partial charge in [0, 0.05) is 34.4 Å². The lowest BCUT2D eigenvalue weighted by Gasteiger charge is -2.12. The highest BCUT2D eigenvalue weighted by Crippen LogP contribution is 2.33. The zero-order chi connectivity index (χ0) is 18.3. The molecule has 0 aliphatic carbocycles. The molecule has 0 atom stereocenters. The normalized spacial score (nSPS) is 10.8. The van der Waals surface area contributed by atoms with Gasteiger partial charge in [0.1, 0.15) is 0 Å². The van der Waals surface area contributed by atoms with E-state index in [0.29, 0.717) is 0 Å². The number of pyridine rings is 1. The van der Waals surface area contributed by atoms with Gasteiger partial charge >= 0.3 is 0 Å². The minimum Gasteiger partial charge on any atom is -0.338 e. The summed E-state index contributed by atoms with van der Waals surface area (Å²) in [5.74, 6) is 0. The molecule has 0 saturated carbocycles. The molecule has 0 fully saturated rings. The molecule has 2 aromatic carbocycles.